The maximum atomic E-state index is 14.7. The van der Waals surface area contributed by atoms with Crippen molar-refractivity contribution in [3.05, 3.63) is 47.5 Å². The summed E-state index contributed by atoms with van der Waals surface area (Å²) in [5.41, 5.74) is 1.44. The number of rotatable bonds is 7. The quantitative estimate of drug-likeness (QED) is 0.535. The Labute approximate surface area is 148 Å². The second-order valence-electron chi connectivity index (χ2n) is 5.61. The largest absolute Gasteiger partial charge is 0.357 e. The zero-order chi connectivity index (χ0) is 19.0. The highest BCUT2D eigenvalue weighted by Gasteiger charge is 2.13. The van der Waals surface area contributed by atoms with Gasteiger partial charge in [-0.15, -0.1) is 0 Å². The van der Waals surface area contributed by atoms with E-state index in [1.807, 2.05) is 13.8 Å². The summed E-state index contributed by atoms with van der Waals surface area (Å²) in [6.07, 6.45) is 6.43. The number of allylic oxidation sites excluding steroid dienone is 5. The van der Waals surface area contributed by atoms with Gasteiger partial charge in [-0.1, -0.05) is 26.0 Å². The molecule has 1 unspecified atom stereocenters. The molecule has 0 amide bonds. The van der Waals surface area contributed by atoms with Gasteiger partial charge in [0, 0.05) is 18.3 Å². The average Bonchev–Trinajstić information content (AvgIpc) is 2.63. The van der Waals surface area contributed by atoms with E-state index in [0.717, 1.165) is 18.3 Å². The number of aliphatic imine (C=N–C) groups is 1. The summed E-state index contributed by atoms with van der Waals surface area (Å²) in [7, 11) is 1.63. The molecule has 0 aliphatic rings. The molecule has 4 nitrogen and oxygen atoms in total. The van der Waals surface area contributed by atoms with Gasteiger partial charge in [-0.3, -0.25) is 4.99 Å². The van der Waals surface area contributed by atoms with Gasteiger partial charge < -0.3 is 5.32 Å². The first-order chi connectivity index (χ1) is 11.9. The van der Waals surface area contributed by atoms with E-state index < -0.39 is 11.6 Å². The third-order valence-electron chi connectivity index (χ3n) is 3.97. The molecule has 1 aromatic heterocycles. The fourth-order valence-electron chi connectivity index (χ4n) is 2.04. The molecule has 25 heavy (non-hydrogen) atoms. The molecular formula is C19H26F2N4. The van der Waals surface area contributed by atoms with E-state index in [0.29, 0.717) is 5.57 Å². The first kappa shape index (κ1) is 20.7. The Kier molecular flexibility index (Phi) is 8.11. The van der Waals surface area contributed by atoms with E-state index in [-0.39, 0.29) is 23.3 Å². The lowest BCUT2D eigenvalue weighted by molar-refractivity contribution is 0.609. The number of hydrogen-bond donors (Lipinski definition) is 1. The third kappa shape index (κ3) is 5.59. The molecule has 0 radical (unpaired) electrons. The molecule has 136 valence electrons. The lowest BCUT2D eigenvalue weighted by atomic mass is 10.0. The molecule has 0 spiro atoms. The van der Waals surface area contributed by atoms with Crippen LogP contribution in [0.3, 0.4) is 0 Å². The molecule has 1 aromatic rings. The van der Waals surface area contributed by atoms with Crippen molar-refractivity contribution in [1.29, 1.82) is 0 Å². The SMILES string of the molecule is C/C=C(N=C(C)C(C)CC)/C(F)=C\C(=C/C)c1nc(NC)ncc1F. The normalized spacial score (nSPS) is 15.4. The van der Waals surface area contributed by atoms with Crippen molar-refractivity contribution in [3.8, 4) is 0 Å². The number of nitrogens with zero attached hydrogens (tertiary/aromatic N) is 3. The van der Waals surface area contributed by atoms with Crippen molar-refractivity contribution in [1.82, 2.24) is 9.97 Å². The van der Waals surface area contributed by atoms with Gasteiger partial charge in [0.15, 0.2) is 5.82 Å². The molecule has 0 saturated heterocycles. The van der Waals surface area contributed by atoms with Gasteiger partial charge in [-0.05, 0) is 39.2 Å². The molecule has 6 heteroatoms. The van der Waals surface area contributed by atoms with Gasteiger partial charge in [-0.2, -0.15) is 0 Å². The van der Waals surface area contributed by atoms with Crippen LogP contribution in [0.5, 0.6) is 0 Å². The smallest absolute Gasteiger partial charge is 0.223 e. The van der Waals surface area contributed by atoms with Crippen LogP contribution in [0.2, 0.25) is 0 Å². The second kappa shape index (κ2) is 9.81. The van der Waals surface area contributed by atoms with Crippen LogP contribution < -0.4 is 5.32 Å². The van der Waals surface area contributed by atoms with Gasteiger partial charge in [0.05, 0.1) is 11.9 Å². The van der Waals surface area contributed by atoms with Crippen LogP contribution in [-0.4, -0.2) is 22.7 Å². The fraction of sp³-hybridized carbons (Fsp3) is 0.421. The highest BCUT2D eigenvalue weighted by atomic mass is 19.1. The molecule has 0 aliphatic heterocycles. The zero-order valence-electron chi connectivity index (χ0n) is 15.7. The summed E-state index contributed by atoms with van der Waals surface area (Å²) in [4.78, 5) is 12.2. The van der Waals surface area contributed by atoms with E-state index in [2.05, 4.69) is 27.2 Å². The van der Waals surface area contributed by atoms with Gasteiger partial charge in [0.1, 0.15) is 11.5 Å². The van der Waals surface area contributed by atoms with Crippen LogP contribution >= 0.6 is 0 Å². The second-order valence-corrected chi connectivity index (χ2v) is 5.61. The zero-order valence-corrected chi connectivity index (χ0v) is 15.7. The van der Waals surface area contributed by atoms with E-state index >= 15 is 0 Å². The molecular weight excluding hydrogens is 322 g/mol. The van der Waals surface area contributed by atoms with E-state index in [9.17, 15) is 8.78 Å². The number of aromatic nitrogens is 2. The third-order valence-corrected chi connectivity index (χ3v) is 3.97. The van der Waals surface area contributed by atoms with Crippen molar-refractivity contribution < 1.29 is 8.78 Å². The molecule has 0 aliphatic carbocycles. The van der Waals surface area contributed by atoms with Crippen LogP contribution in [-0.2, 0) is 0 Å². The molecule has 1 atom stereocenters. The monoisotopic (exact) mass is 348 g/mol. The maximum absolute atomic E-state index is 14.7. The molecule has 0 fully saturated rings. The highest BCUT2D eigenvalue weighted by molar-refractivity contribution is 5.85. The van der Waals surface area contributed by atoms with Gasteiger partial charge in [0.2, 0.25) is 5.95 Å². The Hall–Kier alpha value is -2.37. The molecule has 0 aromatic carbocycles. The fourth-order valence-corrected chi connectivity index (χ4v) is 2.04. The maximum Gasteiger partial charge on any atom is 0.223 e. The minimum Gasteiger partial charge on any atom is -0.357 e. The lowest BCUT2D eigenvalue weighted by Gasteiger charge is -2.09. The van der Waals surface area contributed by atoms with Crippen LogP contribution in [0, 0.1) is 11.7 Å². The number of hydrogen-bond acceptors (Lipinski definition) is 4. The van der Waals surface area contributed by atoms with Gasteiger partial charge in [-0.25, -0.2) is 18.7 Å². The first-order valence-corrected chi connectivity index (χ1v) is 8.33. The predicted molar refractivity (Wildman–Crippen MR) is 101 cm³/mol. The Morgan fingerprint density at radius 2 is 2.04 bits per heavy atom. The molecule has 0 bridgehead atoms. The Morgan fingerprint density at radius 1 is 1.36 bits per heavy atom. The molecule has 0 saturated carbocycles. The number of halogens is 2. The summed E-state index contributed by atoms with van der Waals surface area (Å²) < 4.78 is 28.7. The van der Waals surface area contributed by atoms with Crippen molar-refractivity contribution in [2.45, 2.75) is 41.0 Å². The Morgan fingerprint density at radius 3 is 2.56 bits per heavy atom. The van der Waals surface area contributed by atoms with Gasteiger partial charge >= 0.3 is 0 Å². The van der Waals surface area contributed by atoms with Crippen molar-refractivity contribution in [2.75, 3.05) is 12.4 Å². The van der Waals surface area contributed by atoms with Crippen molar-refractivity contribution in [3.63, 3.8) is 0 Å². The summed E-state index contributed by atoms with van der Waals surface area (Å²) in [5.74, 6) is -0.623. The summed E-state index contributed by atoms with van der Waals surface area (Å²) in [5, 5.41) is 2.74. The first-order valence-electron chi connectivity index (χ1n) is 8.33. The van der Waals surface area contributed by atoms with Crippen LogP contribution in [0.15, 0.2) is 40.9 Å². The number of anilines is 1. The number of nitrogens with one attached hydrogen (secondary N) is 1. The van der Waals surface area contributed by atoms with Crippen LogP contribution in [0.4, 0.5) is 14.7 Å². The van der Waals surface area contributed by atoms with E-state index in [4.69, 9.17) is 0 Å². The minimum absolute atomic E-state index is 0.0371. The lowest BCUT2D eigenvalue weighted by Crippen LogP contribution is -2.06. The molecule has 1 N–H and O–H groups in total. The topological polar surface area (TPSA) is 50.2 Å². The van der Waals surface area contributed by atoms with Crippen molar-refractivity contribution >= 4 is 17.2 Å². The van der Waals surface area contributed by atoms with Crippen LogP contribution in [0.1, 0.15) is 46.7 Å². The molecule has 1 heterocycles. The van der Waals surface area contributed by atoms with Crippen molar-refractivity contribution in [2.24, 2.45) is 10.9 Å². The Balaban J connectivity index is 3.25. The minimum atomic E-state index is -0.613. The molecule has 1 rings (SSSR count). The average molecular weight is 348 g/mol. The Bertz CT molecular complexity index is 718. The van der Waals surface area contributed by atoms with E-state index in [1.165, 1.54) is 6.08 Å². The summed E-state index contributed by atoms with van der Waals surface area (Å²) >= 11 is 0. The highest BCUT2D eigenvalue weighted by Crippen LogP contribution is 2.24. The summed E-state index contributed by atoms with van der Waals surface area (Å²) in [6.45, 7) is 9.39. The van der Waals surface area contributed by atoms with Gasteiger partial charge in [0.25, 0.3) is 0 Å². The van der Waals surface area contributed by atoms with E-state index in [1.54, 1.807) is 33.0 Å². The van der Waals surface area contributed by atoms with Crippen LogP contribution in [0.25, 0.3) is 5.57 Å². The predicted octanol–water partition coefficient (Wildman–Crippen LogP) is 5.32. The standard InChI is InChI=1S/C19H26F2N4/c1-7-12(4)13(5)24-17(9-3)15(20)10-14(8-2)18-16(21)11-23-19(22-6)25-18/h8-12H,7H2,1-6H3,(H,22,23,25)/b14-8+,15-10+,17-9-,24-13?. The summed E-state index contributed by atoms with van der Waals surface area (Å²) in [6, 6.07) is 0.